The van der Waals surface area contributed by atoms with Crippen molar-refractivity contribution in [1.82, 2.24) is 24.8 Å². The van der Waals surface area contributed by atoms with Crippen LogP contribution in [0.3, 0.4) is 0 Å². The second-order valence-corrected chi connectivity index (χ2v) is 8.19. The third-order valence-corrected chi connectivity index (χ3v) is 6.21. The monoisotopic (exact) mass is 444 g/mol. The van der Waals surface area contributed by atoms with Gasteiger partial charge in [-0.05, 0) is 25.8 Å². The van der Waals surface area contributed by atoms with Crippen LogP contribution in [0.2, 0.25) is 0 Å². The topological polar surface area (TPSA) is 101 Å². The van der Waals surface area contributed by atoms with Gasteiger partial charge in [0, 0.05) is 35.8 Å². The molecule has 4 heterocycles. The molecule has 2 amide bonds. The molecule has 1 fully saturated rings. The van der Waals surface area contributed by atoms with Crippen molar-refractivity contribution in [3.8, 4) is 5.75 Å². The highest BCUT2D eigenvalue weighted by atomic mass is 16.5. The molecule has 1 aromatic carbocycles. The van der Waals surface area contributed by atoms with Crippen molar-refractivity contribution in [2.45, 2.75) is 38.8 Å². The molecular formula is C24H24N6O3. The molecule has 1 saturated heterocycles. The van der Waals surface area contributed by atoms with E-state index in [9.17, 15) is 9.59 Å². The average Bonchev–Trinajstić information content (AvgIpc) is 3.45. The molecule has 168 valence electrons. The van der Waals surface area contributed by atoms with Crippen LogP contribution >= 0.6 is 0 Å². The molecular weight excluding hydrogens is 420 g/mol. The molecule has 3 aromatic rings. The molecule has 9 heteroatoms. The van der Waals surface area contributed by atoms with Crippen LogP contribution in [0.5, 0.6) is 5.75 Å². The van der Waals surface area contributed by atoms with Gasteiger partial charge in [-0.3, -0.25) is 19.5 Å². The van der Waals surface area contributed by atoms with Gasteiger partial charge in [0.1, 0.15) is 17.3 Å². The minimum absolute atomic E-state index is 0.0237. The third kappa shape index (κ3) is 3.79. The summed E-state index contributed by atoms with van der Waals surface area (Å²) in [5.41, 5.74) is 2.81. The van der Waals surface area contributed by atoms with E-state index in [4.69, 9.17) is 14.7 Å². The first-order valence-corrected chi connectivity index (χ1v) is 10.9. The summed E-state index contributed by atoms with van der Waals surface area (Å²) in [5, 5.41) is 0. The minimum Gasteiger partial charge on any atom is -0.496 e. The maximum Gasteiger partial charge on any atom is 0.274 e. The van der Waals surface area contributed by atoms with Crippen LogP contribution in [0.15, 0.2) is 42.9 Å². The zero-order chi connectivity index (χ0) is 22.9. The number of hydrogen-bond acceptors (Lipinski definition) is 7. The van der Waals surface area contributed by atoms with Crippen molar-refractivity contribution in [1.29, 1.82) is 0 Å². The summed E-state index contributed by atoms with van der Waals surface area (Å²) in [6, 6.07) is 7.37. The Labute approximate surface area is 191 Å². The smallest absolute Gasteiger partial charge is 0.274 e. The quantitative estimate of drug-likeness (QED) is 0.596. The van der Waals surface area contributed by atoms with Crippen molar-refractivity contribution >= 4 is 17.6 Å². The molecule has 9 nitrogen and oxygen atoms in total. The number of likely N-dealkylation sites (tertiary alicyclic amines) is 1. The standard InChI is InChI=1S/C24H24N6O3/c1-15-17-12-21(31)30(14-16-6-3-4-8-20(16)33-2)23(17)28-22(27-15)19-7-5-11-29(19)24(32)18-13-25-9-10-26-18/h3-4,6,8-10,13,19H,5,7,11-12,14H2,1-2H3. The van der Waals surface area contributed by atoms with Crippen LogP contribution in [0.1, 0.15) is 52.0 Å². The third-order valence-electron chi connectivity index (χ3n) is 6.21. The fraction of sp³-hybridized carbons (Fsp3) is 0.333. The second kappa shape index (κ2) is 8.57. The van der Waals surface area contributed by atoms with Crippen LogP contribution in [-0.4, -0.2) is 50.3 Å². The maximum absolute atomic E-state index is 13.1. The Hall–Kier alpha value is -3.88. The van der Waals surface area contributed by atoms with Gasteiger partial charge in [0.25, 0.3) is 5.91 Å². The molecule has 0 bridgehead atoms. The van der Waals surface area contributed by atoms with E-state index in [0.29, 0.717) is 30.4 Å². The van der Waals surface area contributed by atoms with Crippen molar-refractivity contribution in [2.75, 3.05) is 18.6 Å². The number of carbonyl (C=O) groups is 2. The van der Waals surface area contributed by atoms with Gasteiger partial charge in [0.05, 0.1) is 32.3 Å². The van der Waals surface area contributed by atoms with E-state index in [2.05, 4.69) is 9.97 Å². The minimum atomic E-state index is -0.271. The van der Waals surface area contributed by atoms with Gasteiger partial charge in [0.15, 0.2) is 5.82 Å². The molecule has 0 N–H and O–H groups in total. The van der Waals surface area contributed by atoms with E-state index in [-0.39, 0.29) is 24.3 Å². The summed E-state index contributed by atoms with van der Waals surface area (Å²) < 4.78 is 5.46. The van der Waals surface area contributed by atoms with Gasteiger partial charge in [0.2, 0.25) is 5.91 Å². The lowest BCUT2D eigenvalue weighted by Crippen LogP contribution is -2.33. The number of fused-ring (bicyclic) bond motifs is 1. The Morgan fingerprint density at radius 2 is 2.06 bits per heavy atom. The predicted octanol–water partition coefficient (Wildman–Crippen LogP) is 2.65. The van der Waals surface area contributed by atoms with Gasteiger partial charge >= 0.3 is 0 Å². The average molecular weight is 444 g/mol. The van der Waals surface area contributed by atoms with Gasteiger partial charge in [-0.2, -0.15) is 0 Å². The van der Waals surface area contributed by atoms with Crippen LogP contribution in [-0.2, 0) is 17.8 Å². The van der Waals surface area contributed by atoms with Crippen molar-refractivity contribution in [3.05, 3.63) is 71.2 Å². The van der Waals surface area contributed by atoms with Gasteiger partial charge in [-0.1, -0.05) is 18.2 Å². The largest absolute Gasteiger partial charge is 0.496 e. The maximum atomic E-state index is 13.1. The number of anilines is 1. The van der Waals surface area contributed by atoms with Crippen LogP contribution in [0.4, 0.5) is 5.82 Å². The first-order valence-electron chi connectivity index (χ1n) is 10.9. The Kier molecular flexibility index (Phi) is 5.45. The summed E-state index contributed by atoms with van der Waals surface area (Å²) in [4.78, 5) is 47.1. The lowest BCUT2D eigenvalue weighted by molar-refractivity contribution is -0.117. The molecule has 0 spiro atoms. The SMILES string of the molecule is COc1ccccc1CN1C(=O)Cc2c(C)nc(C3CCCN3C(=O)c3cnccn3)nc21. The fourth-order valence-electron chi connectivity index (χ4n) is 4.55. The first kappa shape index (κ1) is 21.0. The van der Waals surface area contributed by atoms with E-state index in [0.717, 1.165) is 35.4 Å². The van der Waals surface area contributed by atoms with Crippen molar-refractivity contribution in [2.24, 2.45) is 0 Å². The number of carbonyl (C=O) groups excluding carboxylic acids is 2. The zero-order valence-electron chi connectivity index (χ0n) is 18.6. The Balaban J connectivity index is 1.48. The number of aromatic nitrogens is 4. The van der Waals surface area contributed by atoms with Crippen LogP contribution in [0.25, 0.3) is 0 Å². The van der Waals surface area contributed by atoms with Gasteiger partial charge < -0.3 is 9.64 Å². The molecule has 0 aliphatic carbocycles. The summed E-state index contributed by atoms with van der Waals surface area (Å²) in [6.45, 7) is 2.86. The number of nitrogens with zero attached hydrogens (tertiary/aromatic N) is 6. The summed E-state index contributed by atoms with van der Waals surface area (Å²) in [6.07, 6.45) is 6.39. The first-order chi connectivity index (χ1) is 16.1. The van der Waals surface area contributed by atoms with E-state index in [1.54, 1.807) is 23.1 Å². The molecule has 2 aliphatic rings. The molecule has 1 unspecified atom stereocenters. The molecule has 33 heavy (non-hydrogen) atoms. The highest BCUT2D eigenvalue weighted by Gasteiger charge is 2.37. The number of para-hydroxylation sites is 1. The number of rotatable bonds is 5. The second-order valence-electron chi connectivity index (χ2n) is 8.19. The molecule has 0 saturated carbocycles. The van der Waals surface area contributed by atoms with E-state index in [1.165, 1.54) is 12.4 Å². The van der Waals surface area contributed by atoms with E-state index in [1.807, 2.05) is 31.2 Å². The van der Waals surface area contributed by atoms with Crippen LogP contribution in [0, 0.1) is 6.92 Å². The van der Waals surface area contributed by atoms with Gasteiger partial charge in [-0.25, -0.2) is 15.0 Å². The van der Waals surface area contributed by atoms with Gasteiger partial charge in [-0.15, -0.1) is 0 Å². The summed E-state index contributed by atoms with van der Waals surface area (Å²) >= 11 is 0. The Morgan fingerprint density at radius 3 is 2.85 bits per heavy atom. The molecule has 1 atom stereocenters. The molecule has 5 rings (SSSR count). The lowest BCUT2D eigenvalue weighted by Gasteiger charge is -2.25. The lowest BCUT2D eigenvalue weighted by atomic mass is 10.1. The predicted molar refractivity (Wildman–Crippen MR) is 120 cm³/mol. The number of aryl methyl sites for hydroxylation is 1. The Morgan fingerprint density at radius 1 is 1.21 bits per heavy atom. The van der Waals surface area contributed by atoms with E-state index < -0.39 is 0 Å². The molecule has 0 radical (unpaired) electrons. The molecule has 2 aliphatic heterocycles. The number of ether oxygens (including phenoxy) is 1. The zero-order valence-corrected chi connectivity index (χ0v) is 18.6. The number of methoxy groups -OCH3 is 1. The highest BCUT2D eigenvalue weighted by Crippen LogP contribution is 2.36. The molecule has 2 aromatic heterocycles. The van der Waals surface area contributed by atoms with Crippen LogP contribution < -0.4 is 9.64 Å². The fourth-order valence-corrected chi connectivity index (χ4v) is 4.55. The number of amides is 2. The highest BCUT2D eigenvalue weighted by molar-refractivity contribution is 6.00. The van der Waals surface area contributed by atoms with Crippen molar-refractivity contribution in [3.63, 3.8) is 0 Å². The normalized spacial score (nSPS) is 17.4. The summed E-state index contributed by atoms with van der Waals surface area (Å²) in [5.74, 6) is 1.69. The Bertz CT molecular complexity index is 1220. The number of benzene rings is 1. The number of hydrogen-bond donors (Lipinski definition) is 0. The van der Waals surface area contributed by atoms with Crippen molar-refractivity contribution < 1.29 is 14.3 Å². The van der Waals surface area contributed by atoms with E-state index >= 15 is 0 Å². The summed E-state index contributed by atoms with van der Waals surface area (Å²) in [7, 11) is 1.62.